The van der Waals surface area contributed by atoms with E-state index in [1.807, 2.05) is 17.8 Å². The topological polar surface area (TPSA) is 15.3 Å². The molecule has 0 saturated carbocycles. The van der Waals surface area contributed by atoms with Gasteiger partial charge in [-0.05, 0) is 88.3 Å². The molecule has 1 aliphatic heterocycles. The molecule has 1 N–H and O–H groups in total. The molecular weight excluding hydrogens is 480 g/mol. The quantitative estimate of drug-likeness (QED) is 0.222. The lowest BCUT2D eigenvalue weighted by Gasteiger charge is -2.28. The average molecular weight is 515 g/mol. The minimum atomic E-state index is 0.538. The fourth-order valence-corrected chi connectivity index (χ4v) is 6.65. The first-order valence-electron chi connectivity index (χ1n) is 13.5. The highest BCUT2D eigenvalue weighted by atomic mass is 32.2. The number of para-hydroxylation sites is 1. The third-order valence-electron chi connectivity index (χ3n) is 7.40. The summed E-state index contributed by atoms with van der Waals surface area (Å²) in [5.74, 6) is 0.538. The molecule has 0 spiro atoms. The van der Waals surface area contributed by atoms with Crippen LogP contribution in [0.2, 0.25) is 0 Å². The van der Waals surface area contributed by atoms with Gasteiger partial charge in [-0.25, -0.2) is 0 Å². The van der Waals surface area contributed by atoms with E-state index < -0.39 is 0 Å². The Labute approximate surface area is 230 Å². The minimum Gasteiger partial charge on any atom is -0.366 e. The molecule has 2 nitrogen and oxygen atoms in total. The molecule has 0 aromatic heterocycles. The molecule has 1 aliphatic rings. The number of anilines is 3. The van der Waals surface area contributed by atoms with Gasteiger partial charge in [0.2, 0.25) is 0 Å². The van der Waals surface area contributed by atoms with E-state index in [1.165, 1.54) is 38.0 Å². The summed E-state index contributed by atoms with van der Waals surface area (Å²) >= 11 is 2.03. The van der Waals surface area contributed by atoms with Crippen molar-refractivity contribution < 1.29 is 0 Å². The molecule has 3 heteroatoms. The van der Waals surface area contributed by atoms with Crippen molar-refractivity contribution in [2.45, 2.75) is 42.9 Å². The van der Waals surface area contributed by atoms with Crippen LogP contribution in [0.4, 0.5) is 17.1 Å². The van der Waals surface area contributed by atoms with Gasteiger partial charge in [0.25, 0.3) is 0 Å². The molecule has 190 valence electrons. The monoisotopic (exact) mass is 514 g/mol. The lowest BCUT2D eigenvalue weighted by Crippen LogP contribution is -2.30. The normalized spacial score (nSPS) is 14.6. The molecule has 0 radical (unpaired) electrons. The average Bonchev–Trinajstić information content (AvgIpc) is 3.36. The first-order chi connectivity index (χ1) is 18.6. The van der Waals surface area contributed by atoms with Crippen LogP contribution in [0.15, 0.2) is 120 Å². The predicted molar refractivity (Wildman–Crippen MR) is 165 cm³/mol. The molecular formula is C35H34N2S. The molecule has 6 rings (SSSR count). The first-order valence-corrected chi connectivity index (χ1v) is 14.4. The Morgan fingerprint density at radius 2 is 1.53 bits per heavy atom. The summed E-state index contributed by atoms with van der Waals surface area (Å²) in [6.07, 6.45) is 1.13. The Kier molecular flexibility index (Phi) is 7.11. The van der Waals surface area contributed by atoms with Crippen molar-refractivity contribution in [3.8, 4) is 0 Å². The zero-order valence-electron chi connectivity index (χ0n) is 22.1. The summed E-state index contributed by atoms with van der Waals surface area (Å²) in [4.78, 5) is 4.01. The maximum atomic E-state index is 3.54. The Morgan fingerprint density at radius 3 is 2.32 bits per heavy atom. The van der Waals surface area contributed by atoms with Crippen LogP contribution in [0.5, 0.6) is 0 Å². The second-order valence-corrected chi connectivity index (χ2v) is 11.9. The van der Waals surface area contributed by atoms with E-state index in [9.17, 15) is 0 Å². The van der Waals surface area contributed by atoms with Gasteiger partial charge >= 0.3 is 0 Å². The van der Waals surface area contributed by atoms with Crippen molar-refractivity contribution >= 4 is 39.6 Å². The number of thioether (sulfide) groups is 1. The smallest absolute Gasteiger partial charge is 0.0430 e. The van der Waals surface area contributed by atoms with Gasteiger partial charge in [-0.1, -0.05) is 80.6 Å². The van der Waals surface area contributed by atoms with E-state index in [1.54, 1.807) is 0 Å². The number of benzene rings is 5. The number of fused-ring (bicyclic) bond motifs is 2. The van der Waals surface area contributed by atoms with Crippen LogP contribution < -0.4 is 10.2 Å². The fraction of sp³-hybridized carbons (Fsp3) is 0.200. The molecule has 0 amide bonds. The van der Waals surface area contributed by atoms with Gasteiger partial charge in [-0.2, -0.15) is 0 Å². The zero-order chi connectivity index (χ0) is 25.9. The van der Waals surface area contributed by atoms with Crippen molar-refractivity contribution in [3.05, 3.63) is 132 Å². The molecule has 1 atom stereocenters. The van der Waals surface area contributed by atoms with Crippen molar-refractivity contribution in [2.24, 2.45) is 0 Å². The summed E-state index contributed by atoms with van der Waals surface area (Å²) in [6.45, 7) is 6.43. The minimum absolute atomic E-state index is 0.538. The van der Waals surface area contributed by atoms with Crippen LogP contribution in [0, 0.1) is 0 Å². The third kappa shape index (κ3) is 5.58. The molecule has 5 aromatic rings. The Hall–Kier alpha value is -3.69. The van der Waals surface area contributed by atoms with Crippen LogP contribution >= 0.6 is 11.8 Å². The third-order valence-corrected chi connectivity index (χ3v) is 8.70. The standard InChI is InChI=1S/C35H34N2S/c1-25(2)27-15-18-33(19-16-27)37(24-34-22-29-8-6-7-11-35(29)38-34)23-26-12-13-28-14-17-32(21-30(28)20-26)36-31-9-4-3-5-10-31/h3-21,25,34,36H,22-24H2,1-2H3. The van der Waals surface area contributed by atoms with E-state index in [4.69, 9.17) is 0 Å². The molecule has 38 heavy (non-hydrogen) atoms. The Bertz CT molecular complexity index is 1500. The Morgan fingerprint density at radius 1 is 0.763 bits per heavy atom. The van der Waals surface area contributed by atoms with Gasteiger partial charge in [-0.3, -0.25) is 0 Å². The molecule has 1 unspecified atom stereocenters. The Balaban J connectivity index is 1.26. The number of rotatable bonds is 8. The molecule has 0 aliphatic carbocycles. The van der Waals surface area contributed by atoms with Crippen LogP contribution in [0.1, 0.15) is 36.5 Å². The lowest BCUT2D eigenvalue weighted by molar-refractivity contribution is 0.748. The maximum absolute atomic E-state index is 3.54. The number of nitrogens with zero attached hydrogens (tertiary/aromatic N) is 1. The second-order valence-electron chi connectivity index (χ2n) is 10.6. The van der Waals surface area contributed by atoms with Crippen molar-refractivity contribution in [2.75, 3.05) is 16.8 Å². The number of hydrogen-bond acceptors (Lipinski definition) is 3. The molecule has 5 aromatic carbocycles. The SMILES string of the molecule is CC(C)c1ccc(N(Cc2ccc3ccc(Nc4ccccc4)cc3c2)CC2Cc3ccccc3S2)cc1. The summed E-state index contributed by atoms with van der Waals surface area (Å²) in [5.41, 5.74) is 7.73. The van der Waals surface area contributed by atoms with Crippen molar-refractivity contribution in [3.63, 3.8) is 0 Å². The van der Waals surface area contributed by atoms with Crippen molar-refractivity contribution in [1.82, 2.24) is 0 Å². The van der Waals surface area contributed by atoms with Gasteiger partial charge in [-0.15, -0.1) is 11.8 Å². The fourth-order valence-electron chi connectivity index (χ4n) is 5.31. The van der Waals surface area contributed by atoms with Gasteiger partial charge in [0, 0.05) is 40.3 Å². The van der Waals surface area contributed by atoms with Crippen LogP contribution in [-0.4, -0.2) is 11.8 Å². The highest BCUT2D eigenvalue weighted by Crippen LogP contribution is 2.38. The van der Waals surface area contributed by atoms with Crippen LogP contribution in [-0.2, 0) is 13.0 Å². The number of nitrogens with one attached hydrogen (secondary N) is 1. The zero-order valence-corrected chi connectivity index (χ0v) is 22.9. The van der Waals surface area contributed by atoms with E-state index in [2.05, 4.69) is 133 Å². The summed E-state index contributed by atoms with van der Waals surface area (Å²) in [7, 11) is 0. The van der Waals surface area contributed by atoms with Crippen molar-refractivity contribution in [1.29, 1.82) is 0 Å². The van der Waals surface area contributed by atoms with Crippen LogP contribution in [0.3, 0.4) is 0 Å². The van der Waals surface area contributed by atoms with E-state index in [-0.39, 0.29) is 0 Å². The van der Waals surface area contributed by atoms with Gasteiger partial charge in [0.1, 0.15) is 0 Å². The second kappa shape index (κ2) is 11.0. The molecule has 0 saturated heterocycles. The van der Waals surface area contributed by atoms with E-state index >= 15 is 0 Å². The lowest BCUT2D eigenvalue weighted by atomic mass is 10.0. The van der Waals surface area contributed by atoms with E-state index in [0.29, 0.717) is 11.2 Å². The maximum Gasteiger partial charge on any atom is 0.0430 e. The van der Waals surface area contributed by atoms with Crippen LogP contribution in [0.25, 0.3) is 10.8 Å². The molecule has 0 fully saturated rings. The molecule has 1 heterocycles. The summed E-state index contributed by atoms with van der Waals surface area (Å²) in [5, 5.41) is 6.63. The summed E-state index contributed by atoms with van der Waals surface area (Å²) in [6, 6.07) is 42.0. The van der Waals surface area contributed by atoms with Gasteiger partial charge < -0.3 is 10.2 Å². The predicted octanol–water partition coefficient (Wildman–Crippen LogP) is 9.43. The summed E-state index contributed by atoms with van der Waals surface area (Å²) < 4.78 is 0. The van der Waals surface area contributed by atoms with Gasteiger partial charge in [0.15, 0.2) is 0 Å². The number of hydrogen-bond donors (Lipinski definition) is 1. The van der Waals surface area contributed by atoms with E-state index in [0.717, 1.165) is 30.9 Å². The first kappa shape index (κ1) is 24.6. The largest absolute Gasteiger partial charge is 0.366 e. The highest BCUT2D eigenvalue weighted by Gasteiger charge is 2.24. The molecule has 0 bridgehead atoms. The van der Waals surface area contributed by atoms with Gasteiger partial charge in [0.05, 0.1) is 0 Å². The highest BCUT2D eigenvalue weighted by molar-refractivity contribution is 8.00.